The van der Waals surface area contributed by atoms with E-state index in [1.807, 2.05) is 0 Å². The molecule has 3 aromatic carbocycles. The summed E-state index contributed by atoms with van der Waals surface area (Å²) in [4.78, 5) is 13.3. The lowest BCUT2D eigenvalue weighted by Gasteiger charge is -2.12. The standard InChI is InChI=1S/C23H23FN2O4S2/c1-30-22-6-3-2-5-21(22)26-32(28,29)20-13-7-17(8-14-20)23(27)25-15-4-16-31-19-11-9-18(24)10-12-19/h2-3,5-14,26H,4,15-16H2,1H3,(H,25,27). The van der Waals surface area contributed by atoms with Gasteiger partial charge in [-0.3, -0.25) is 9.52 Å². The number of benzene rings is 3. The lowest BCUT2D eigenvalue weighted by Crippen LogP contribution is -2.24. The van der Waals surface area contributed by atoms with Crippen LogP contribution < -0.4 is 14.8 Å². The number of ether oxygens (including phenoxy) is 1. The maximum absolute atomic E-state index is 12.9. The van der Waals surface area contributed by atoms with E-state index in [1.165, 1.54) is 43.5 Å². The number of rotatable bonds is 10. The molecule has 0 unspecified atom stereocenters. The van der Waals surface area contributed by atoms with E-state index in [9.17, 15) is 17.6 Å². The highest BCUT2D eigenvalue weighted by molar-refractivity contribution is 7.99. The van der Waals surface area contributed by atoms with Crippen molar-refractivity contribution in [1.29, 1.82) is 0 Å². The molecule has 0 atom stereocenters. The number of carbonyl (C=O) groups excluding carboxylic acids is 1. The van der Waals surface area contributed by atoms with Crippen LogP contribution in [-0.4, -0.2) is 33.7 Å². The van der Waals surface area contributed by atoms with Gasteiger partial charge >= 0.3 is 0 Å². The third-order valence-electron chi connectivity index (χ3n) is 4.47. The van der Waals surface area contributed by atoms with Crippen LogP contribution in [0.4, 0.5) is 10.1 Å². The summed E-state index contributed by atoms with van der Waals surface area (Å²) >= 11 is 1.58. The van der Waals surface area contributed by atoms with Crippen molar-refractivity contribution in [1.82, 2.24) is 5.32 Å². The molecule has 168 valence electrons. The van der Waals surface area contributed by atoms with Crippen LogP contribution in [0.1, 0.15) is 16.8 Å². The number of methoxy groups -OCH3 is 1. The Morgan fingerprint density at radius 2 is 1.69 bits per heavy atom. The molecule has 0 spiro atoms. The van der Waals surface area contributed by atoms with Crippen molar-refractivity contribution in [3.63, 3.8) is 0 Å². The molecule has 1 amide bonds. The summed E-state index contributed by atoms with van der Waals surface area (Å²) < 4.78 is 45.8. The fourth-order valence-corrected chi connectivity index (χ4v) is 4.74. The molecule has 3 aromatic rings. The lowest BCUT2D eigenvalue weighted by molar-refractivity contribution is 0.0953. The molecule has 0 aliphatic rings. The normalized spacial score (nSPS) is 11.1. The first-order chi connectivity index (χ1) is 15.4. The Balaban J connectivity index is 1.50. The number of halogens is 1. The second kappa shape index (κ2) is 11.0. The zero-order valence-corrected chi connectivity index (χ0v) is 19.0. The van der Waals surface area contributed by atoms with E-state index in [0.717, 1.165) is 17.1 Å². The minimum Gasteiger partial charge on any atom is -0.495 e. The molecule has 0 radical (unpaired) electrons. The van der Waals surface area contributed by atoms with Gasteiger partial charge in [-0.05, 0) is 72.8 Å². The second-order valence-corrected chi connectivity index (χ2v) is 9.59. The number of amides is 1. The molecule has 0 bridgehead atoms. The molecule has 0 saturated heterocycles. The molecule has 3 rings (SSSR count). The van der Waals surface area contributed by atoms with Crippen LogP contribution >= 0.6 is 11.8 Å². The summed E-state index contributed by atoms with van der Waals surface area (Å²) in [6, 6.07) is 18.7. The number of sulfonamides is 1. The SMILES string of the molecule is COc1ccccc1NS(=O)(=O)c1ccc(C(=O)NCCCSc2ccc(F)cc2)cc1. The van der Waals surface area contributed by atoms with Gasteiger partial charge in [0.1, 0.15) is 11.6 Å². The zero-order valence-electron chi connectivity index (χ0n) is 17.4. The Bertz CT molecular complexity index is 1150. The lowest BCUT2D eigenvalue weighted by atomic mass is 10.2. The second-order valence-electron chi connectivity index (χ2n) is 6.74. The van der Waals surface area contributed by atoms with Crippen LogP contribution in [0.3, 0.4) is 0 Å². The van der Waals surface area contributed by atoms with E-state index in [-0.39, 0.29) is 16.6 Å². The highest BCUT2D eigenvalue weighted by Crippen LogP contribution is 2.26. The number of anilines is 1. The van der Waals surface area contributed by atoms with Gasteiger partial charge in [0.05, 0.1) is 17.7 Å². The topological polar surface area (TPSA) is 84.5 Å². The molecule has 0 aliphatic heterocycles. The quantitative estimate of drug-likeness (QED) is 0.333. The maximum Gasteiger partial charge on any atom is 0.262 e. The average Bonchev–Trinajstić information content (AvgIpc) is 2.80. The average molecular weight is 475 g/mol. The Hall–Kier alpha value is -3.04. The van der Waals surface area contributed by atoms with E-state index in [4.69, 9.17) is 4.74 Å². The van der Waals surface area contributed by atoms with E-state index in [1.54, 1.807) is 48.2 Å². The molecule has 6 nitrogen and oxygen atoms in total. The smallest absolute Gasteiger partial charge is 0.262 e. The number of hydrogen-bond acceptors (Lipinski definition) is 5. The number of carbonyl (C=O) groups is 1. The minimum absolute atomic E-state index is 0.0376. The highest BCUT2D eigenvalue weighted by Gasteiger charge is 2.17. The molecule has 0 heterocycles. The van der Waals surface area contributed by atoms with Crippen LogP contribution in [0.15, 0.2) is 82.6 Å². The van der Waals surface area contributed by atoms with E-state index < -0.39 is 10.0 Å². The largest absolute Gasteiger partial charge is 0.495 e. The van der Waals surface area contributed by atoms with Crippen LogP contribution in [0.2, 0.25) is 0 Å². The van der Waals surface area contributed by atoms with Gasteiger partial charge < -0.3 is 10.1 Å². The number of hydrogen-bond donors (Lipinski definition) is 2. The van der Waals surface area contributed by atoms with Crippen molar-refractivity contribution in [2.75, 3.05) is 24.1 Å². The maximum atomic E-state index is 12.9. The fraction of sp³-hybridized carbons (Fsp3) is 0.174. The van der Waals surface area contributed by atoms with Gasteiger partial charge in [0.2, 0.25) is 0 Å². The predicted molar refractivity (Wildman–Crippen MR) is 124 cm³/mol. The van der Waals surface area contributed by atoms with Gasteiger partial charge in [-0.15, -0.1) is 11.8 Å². The summed E-state index contributed by atoms with van der Waals surface area (Å²) in [6.07, 6.45) is 0.739. The van der Waals surface area contributed by atoms with E-state index in [0.29, 0.717) is 23.5 Å². The van der Waals surface area contributed by atoms with Gasteiger partial charge in [-0.2, -0.15) is 0 Å². The van der Waals surface area contributed by atoms with Crippen molar-refractivity contribution < 1.29 is 22.3 Å². The number of para-hydroxylation sites is 2. The molecule has 32 heavy (non-hydrogen) atoms. The molecular weight excluding hydrogens is 451 g/mol. The molecule has 9 heteroatoms. The first-order valence-corrected chi connectivity index (χ1v) is 12.3. The third kappa shape index (κ3) is 6.48. The summed E-state index contributed by atoms with van der Waals surface area (Å²) in [5.74, 6) is 0.636. The molecule has 2 N–H and O–H groups in total. The van der Waals surface area contributed by atoms with Crippen LogP contribution in [-0.2, 0) is 10.0 Å². The van der Waals surface area contributed by atoms with Crippen molar-refractivity contribution in [2.24, 2.45) is 0 Å². The van der Waals surface area contributed by atoms with Crippen LogP contribution in [0.5, 0.6) is 5.75 Å². The Labute approximate surface area is 191 Å². The van der Waals surface area contributed by atoms with Crippen molar-refractivity contribution in [3.05, 3.63) is 84.2 Å². The van der Waals surface area contributed by atoms with Crippen LogP contribution in [0, 0.1) is 5.82 Å². The number of nitrogens with one attached hydrogen (secondary N) is 2. The summed E-state index contributed by atoms with van der Waals surface area (Å²) in [5.41, 5.74) is 0.697. The van der Waals surface area contributed by atoms with Crippen molar-refractivity contribution >= 4 is 33.4 Å². The Morgan fingerprint density at radius 1 is 1.00 bits per heavy atom. The third-order valence-corrected chi connectivity index (χ3v) is 6.95. The molecular formula is C23H23FN2O4S2. The Morgan fingerprint density at radius 3 is 2.38 bits per heavy atom. The van der Waals surface area contributed by atoms with Crippen LogP contribution in [0.25, 0.3) is 0 Å². The molecule has 0 aromatic heterocycles. The highest BCUT2D eigenvalue weighted by atomic mass is 32.2. The summed E-state index contributed by atoms with van der Waals surface area (Å²) in [5, 5.41) is 2.81. The summed E-state index contributed by atoms with van der Waals surface area (Å²) in [6.45, 7) is 0.475. The first-order valence-electron chi connectivity index (χ1n) is 9.81. The van der Waals surface area contributed by atoms with Gasteiger partial charge in [-0.1, -0.05) is 12.1 Å². The molecule has 0 aliphatic carbocycles. The van der Waals surface area contributed by atoms with Crippen molar-refractivity contribution in [3.8, 4) is 5.75 Å². The van der Waals surface area contributed by atoms with Gasteiger partial charge in [0.25, 0.3) is 15.9 Å². The Kier molecular flexibility index (Phi) is 8.13. The summed E-state index contributed by atoms with van der Waals surface area (Å²) in [7, 11) is -2.37. The molecule has 0 saturated carbocycles. The minimum atomic E-state index is -3.83. The van der Waals surface area contributed by atoms with Gasteiger partial charge in [0, 0.05) is 17.0 Å². The monoisotopic (exact) mass is 474 g/mol. The zero-order chi connectivity index (χ0) is 23.0. The first kappa shape index (κ1) is 23.6. The number of thioether (sulfide) groups is 1. The molecule has 0 fully saturated rings. The van der Waals surface area contributed by atoms with E-state index >= 15 is 0 Å². The van der Waals surface area contributed by atoms with E-state index in [2.05, 4.69) is 10.0 Å². The van der Waals surface area contributed by atoms with Gasteiger partial charge in [0.15, 0.2) is 0 Å². The predicted octanol–water partition coefficient (Wildman–Crippen LogP) is 4.55. The van der Waals surface area contributed by atoms with Crippen molar-refractivity contribution in [2.45, 2.75) is 16.2 Å². The fourth-order valence-electron chi connectivity index (χ4n) is 2.82. The van der Waals surface area contributed by atoms with Gasteiger partial charge in [-0.25, -0.2) is 12.8 Å².